The molecule has 1 N–H and O–H groups in total. The molecule has 1 fully saturated rings. The van der Waals surface area contributed by atoms with Gasteiger partial charge in [-0.05, 0) is 31.4 Å². The first-order valence-corrected chi connectivity index (χ1v) is 5.86. The molecular formula is C13H18FNO. The molecule has 1 aromatic rings. The highest BCUT2D eigenvalue weighted by atomic mass is 19.1. The van der Waals surface area contributed by atoms with Crippen molar-refractivity contribution in [3.8, 4) is 0 Å². The van der Waals surface area contributed by atoms with Gasteiger partial charge >= 0.3 is 0 Å². The van der Waals surface area contributed by atoms with Crippen LogP contribution in [-0.2, 0) is 6.54 Å². The van der Waals surface area contributed by atoms with Gasteiger partial charge in [0.25, 0.3) is 0 Å². The van der Waals surface area contributed by atoms with E-state index in [9.17, 15) is 4.39 Å². The molecule has 2 nitrogen and oxygen atoms in total. The van der Waals surface area contributed by atoms with Crippen LogP contribution in [0.2, 0.25) is 0 Å². The zero-order chi connectivity index (χ0) is 11.4. The molecule has 1 heterocycles. The molecule has 0 radical (unpaired) electrons. The number of aliphatic hydroxyl groups excluding tert-OH is 1. The quantitative estimate of drug-likeness (QED) is 0.847. The van der Waals surface area contributed by atoms with Gasteiger partial charge < -0.3 is 5.11 Å². The van der Waals surface area contributed by atoms with Crippen molar-refractivity contribution in [1.82, 2.24) is 4.90 Å². The number of nitrogens with zero attached hydrogens (tertiary/aromatic N) is 1. The molecule has 0 unspecified atom stereocenters. The summed E-state index contributed by atoms with van der Waals surface area (Å²) >= 11 is 0. The van der Waals surface area contributed by atoms with E-state index in [1.807, 2.05) is 12.1 Å². The first-order chi connectivity index (χ1) is 7.79. The van der Waals surface area contributed by atoms with Crippen molar-refractivity contribution in [1.29, 1.82) is 0 Å². The minimum absolute atomic E-state index is 0.131. The summed E-state index contributed by atoms with van der Waals surface area (Å²) in [5.41, 5.74) is 0.751. The molecule has 1 aliphatic heterocycles. The van der Waals surface area contributed by atoms with Crippen LogP contribution in [0.3, 0.4) is 0 Å². The number of likely N-dealkylation sites (tertiary alicyclic amines) is 1. The normalized spacial score (nSPS) is 22.2. The Hall–Kier alpha value is -0.930. The van der Waals surface area contributed by atoms with E-state index in [0.717, 1.165) is 31.5 Å². The molecule has 1 aliphatic rings. The number of benzene rings is 1. The number of hydrogen-bond acceptors (Lipinski definition) is 2. The van der Waals surface area contributed by atoms with E-state index < -0.39 is 0 Å². The number of hydrogen-bond donors (Lipinski definition) is 1. The monoisotopic (exact) mass is 223 g/mol. The largest absolute Gasteiger partial charge is 0.396 e. The van der Waals surface area contributed by atoms with Crippen molar-refractivity contribution in [3.63, 3.8) is 0 Å². The average Bonchev–Trinajstić information content (AvgIpc) is 2.32. The standard InChI is InChI=1S/C13H18FNO/c14-13-6-2-1-5-12(13)9-15-7-3-4-11(8-15)10-16/h1-2,5-6,11,16H,3-4,7-10H2/t11-/m0/s1. The lowest BCUT2D eigenvalue weighted by Crippen LogP contribution is -2.36. The smallest absolute Gasteiger partial charge is 0.127 e. The number of piperidine rings is 1. The van der Waals surface area contributed by atoms with Gasteiger partial charge in [-0.15, -0.1) is 0 Å². The molecule has 0 amide bonds. The van der Waals surface area contributed by atoms with Gasteiger partial charge in [0.1, 0.15) is 5.82 Å². The van der Waals surface area contributed by atoms with Crippen LogP contribution in [0.5, 0.6) is 0 Å². The fourth-order valence-corrected chi connectivity index (χ4v) is 2.31. The maximum atomic E-state index is 13.4. The molecule has 1 atom stereocenters. The Morgan fingerprint density at radius 1 is 1.38 bits per heavy atom. The van der Waals surface area contributed by atoms with E-state index in [-0.39, 0.29) is 12.4 Å². The lowest BCUT2D eigenvalue weighted by atomic mass is 9.98. The van der Waals surface area contributed by atoms with Crippen molar-refractivity contribution < 1.29 is 9.50 Å². The van der Waals surface area contributed by atoms with Crippen LogP contribution in [0.1, 0.15) is 18.4 Å². The zero-order valence-corrected chi connectivity index (χ0v) is 9.40. The zero-order valence-electron chi connectivity index (χ0n) is 9.40. The lowest BCUT2D eigenvalue weighted by molar-refractivity contribution is 0.115. The Morgan fingerprint density at radius 2 is 2.19 bits per heavy atom. The van der Waals surface area contributed by atoms with Gasteiger partial charge in [0.05, 0.1) is 0 Å². The number of rotatable bonds is 3. The molecule has 0 spiro atoms. The van der Waals surface area contributed by atoms with Crippen molar-refractivity contribution in [2.24, 2.45) is 5.92 Å². The van der Waals surface area contributed by atoms with Crippen molar-refractivity contribution in [3.05, 3.63) is 35.6 Å². The van der Waals surface area contributed by atoms with E-state index in [2.05, 4.69) is 4.90 Å². The second kappa shape index (κ2) is 5.41. The highest BCUT2D eigenvalue weighted by Crippen LogP contribution is 2.18. The van der Waals surface area contributed by atoms with Crippen molar-refractivity contribution in [2.75, 3.05) is 19.7 Å². The molecule has 1 saturated heterocycles. The van der Waals surface area contributed by atoms with E-state index in [4.69, 9.17) is 5.11 Å². The summed E-state index contributed by atoms with van der Waals surface area (Å²) in [6, 6.07) is 6.91. The van der Waals surface area contributed by atoms with E-state index >= 15 is 0 Å². The molecule has 16 heavy (non-hydrogen) atoms. The molecule has 0 aliphatic carbocycles. The van der Waals surface area contributed by atoms with Crippen LogP contribution < -0.4 is 0 Å². The first kappa shape index (κ1) is 11.6. The number of aliphatic hydroxyl groups is 1. The van der Waals surface area contributed by atoms with Crippen LogP contribution in [0.25, 0.3) is 0 Å². The van der Waals surface area contributed by atoms with Crippen LogP contribution in [-0.4, -0.2) is 29.7 Å². The van der Waals surface area contributed by atoms with Crippen LogP contribution in [0.15, 0.2) is 24.3 Å². The Morgan fingerprint density at radius 3 is 2.94 bits per heavy atom. The molecule has 2 rings (SSSR count). The summed E-state index contributed by atoms with van der Waals surface area (Å²) in [6.07, 6.45) is 2.18. The molecule has 0 bridgehead atoms. The topological polar surface area (TPSA) is 23.5 Å². The van der Waals surface area contributed by atoms with Gasteiger partial charge in [-0.25, -0.2) is 4.39 Å². The van der Waals surface area contributed by atoms with Crippen LogP contribution in [0.4, 0.5) is 4.39 Å². The third-order valence-electron chi connectivity index (χ3n) is 3.21. The summed E-state index contributed by atoms with van der Waals surface area (Å²) in [4.78, 5) is 2.22. The van der Waals surface area contributed by atoms with Gasteiger partial charge in [-0.2, -0.15) is 0 Å². The molecule has 1 aromatic carbocycles. The van der Waals surface area contributed by atoms with Gasteiger partial charge in [0.15, 0.2) is 0 Å². The van der Waals surface area contributed by atoms with Crippen LogP contribution in [0, 0.1) is 11.7 Å². The lowest BCUT2D eigenvalue weighted by Gasteiger charge is -2.31. The van der Waals surface area contributed by atoms with Crippen molar-refractivity contribution >= 4 is 0 Å². The SMILES string of the molecule is OC[C@H]1CCCN(Cc2ccccc2F)C1. The van der Waals surface area contributed by atoms with E-state index in [0.29, 0.717) is 12.5 Å². The van der Waals surface area contributed by atoms with Gasteiger partial charge in [-0.3, -0.25) is 4.90 Å². The maximum absolute atomic E-state index is 13.4. The summed E-state index contributed by atoms with van der Waals surface area (Å²) < 4.78 is 13.4. The molecular weight excluding hydrogens is 205 g/mol. The fraction of sp³-hybridized carbons (Fsp3) is 0.538. The predicted octanol–water partition coefficient (Wildman–Crippen LogP) is 2.03. The number of halogens is 1. The Labute approximate surface area is 95.7 Å². The molecule has 3 heteroatoms. The highest BCUT2D eigenvalue weighted by Gasteiger charge is 2.19. The van der Waals surface area contributed by atoms with E-state index in [1.54, 1.807) is 6.07 Å². The maximum Gasteiger partial charge on any atom is 0.127 e. The highest BCUT2D eigenvalue weighted by molar-refractivity contribution is 5.17. The predicted molar refractivity (Wildman–Crippen MR) is 61.5 cm³/mol. The van der Waals surface area contributed by atoms with Gasteiger partial charge in [0.2, 0.25) is 0 Å². The summed E-state index contributed by atoms with van der Waals surface area (Å²) in [5, 5.41) is 9.13. The third kappa shape index (κ3) is 2.80. The second-order valence-electron chi connectivity index (χ2n) is 4.52. The first-order valence-electron chi connectivity index (χ1n) is 5.86. The van der Waals surface area contributed by atoms with Crippen LogP contribution >= 0.6 is 0 Å². The fourth-order valence-electron chi connectivity index (χ4n) is 2.31. The molecule has 0 saturated carbocycles. The van der Waals surface area contributed by atoms with Crippen molar-refractivity contribution in [2.45, 2.75) is 19.4 Å². The Balaban J connectivity index is 1.97. The summed E-state index contributed by atoms with van der Waals surface area (Å²) in [6.45, 7) is 2.78. The third-order valence-corrected chi connectivity index (χ3v) is 3.21. The average molecular weight is 223 g/mol. The molecule has 0 aromatic heterocycles. The Bertz CT molecular complexity index is 342. The molecule has 88 valence electrons. The van der Waals surface area contributed by atoms with Gasteiger partial charge in [0, 0.05) is 25.3 Å². The summed E-state index contributed by atoms with van der Waals surface area (Å²) in [7, 11) is 0. The summed E-state index contributed by atoms with van der Waals surface area (Å²) in [5.74, 6) is 0.231. The minimum atomic E-state index is -0.131. The van der Waals surface area contributed by atoms with E-state index in [1.165, 1.54) is 6.07 Å². The van der Waals surface area contributed by atoms with Gasteiger partial charge in [-0.1, -0.05) is 18.2 Å². The minimum Gasteiger partial charge on any atom is -0.396 e. The second-order valence-corrected chi connectivity index (χ2v) is 4.52. The Kier molecular flexibility index (Phi) is 3.91.